The Morgan fingerprint density at radius 2 is 2.10 bits per heavy atom. The first-order valence-electron chi connectivity index (χ1n) is 9.66. The Morgan fingerprint density at radius 3 is 2.90 bits per heavy atom. The minimum absolute atomic E-state index is 0.103. The molecule has 0 spiro atoms. The fourth-order valence-corrected chi connectivity index (χ4v) is 3.56. The van der Waals surface area contributed by atoms with Gasteiger partial charge in [-0.3, -0.25) is 9.20 Å². The molecule has 0 saturated heterocycles. The van der Waals surface area contributed by atoms with E-state index in [1.165, 1.54) is 6.07 Å². The summed E-state index contributed by atoms with van der Waals surface area (Å²) in [5.74, 6) is 1.15. The molecule has 4 rings (SSSR count). The molecule has 0 aliphatic heterocycles. The van der Waals surface area contributed by atoms with Crippen molar-refractivity contribution in [3.05, 3.63) is 70.0 Å². The maximum absolute atomic E-state index is 12.6. The number of aromatic nitrogens is 3. The molecule has 154 valence electrons. The molecular formula is C22H22N4O4. The Labute approximate surface area is 172 Å². The van der Waals surface area contributed by atoms with Gasteiger partial charge in [0.05, 0.1) is 13.2 Å². The van der Waals surface area contributed by atoms with Crippen LogP contribution in [0.25, 0.3) is 16.6 Å². The van der Waals surface area contributed by atoms with Gasteiger partial charge < -0.3 is 14.5 Å². The Hall–Kier alpha value is -3.68. The molecule has 0 saturated carbocycles. The quantitative estimate of drug-likeness (QED) is 0.494. The van der Waals surface area contributed by atoms with E-state index in [2.05, 4.69) is 15.5 Å². The molecule has 0 radical (unpaired) electrons. The number of hydrogen-bond donors (Lipinski definition) is 1. The molecule has 1 amide bonds. The van der Waals surface area contributed by atoms with Gasteiger partial charge >= 0.3 is 5.63 Å². The monoisotopic (exact) mass is 406 g/mol. The highest BCUT2D eigenvalue weighted by atomic mass is 16.5. The van der Waals surface area contributed by atoms with Crippen molar-refractivity contribution in [3.8, 4) is 5.75 Å². The zero-order valence-electron chi connectivity index (χ0n) is 17.0. The second-order valence-corrected chi connectivity index (χ2v) is 7.18. The van der Waals surface area contributed by atoms with Crippen LogP contribution in [-0.2, 0) is 11.2 Å². The van der Waals surface area contributed by atoms with Gasteiger partial charge in [0.2, 0.25) is 5.91 Å². The Morgan fingerprint density at radius 1 is 1.27 bits per heavy atom. The molecule has 3 heterocycles. The highest BCUT2D eigenvalue weighted by Gasteiger charge is 2.17. The van der Waals surface area contributed by atoms with Gasteiger partial charge in [0.15, 0.2) is 11.5 Å². The third-order valence-electron chi connectivity index (χ3n) is 5.08. The van der Waals surface area contributed by atoms with Gasteiger partial charge in [0.25, 0.3) is 0 Å². The average Bonchev–Trinajstić information content (AvgIpc) is 3.16. The van der Waals surface area contributed by atoms with Crippen LogP contribution in [0, 0.1) is 6.92 Å². The molecular weight excluding hydrogens is 384 g/mol. The van der Waals surface area contributed by atoms with Crippen molar-refractivity contribution in [1.82, 2.24) is 19.9 Å². The zero-order valence-corrected chi connectivity index (χ0v) is 17.0. The van der Waals surface area contributed by atoms with Crippen molar-refractivity contribution >= 4 is 22.5 Å². The first-order chi connectivity index (χ1) is 14.5. The van der Waals surface area contributed by atoms with Crippen LogP contribution in [0.2, 0.25) is 0 Å². The summed E-state index contributed by atoms with van der Waals surface area (Å²) in [5.41, 5.74) is 2.50. The summed E-state index contributed by atoms with van der Waals surface area (Å²) >= 11 is 0. The summed E-state index contributed by atoms with van der Waals surface area (Å²) in [6, 6.07) is 10.4. The van der Waals surface area contributed by atoms with Crippen LogP contribution >= 0.6 is 0 Å². The molecule has 8 nitrogen and oxygen atoms in total. The number of carbonyl (C=O) groups is 1. The van der Waals surface area contributed by atoms with Crippen LogP contribution in [-0.4, -0.2) is 27.6 Å². The summed E-state index contributed by atoms with van der Waals surface area (Å²) in [5, 5.41) is 12.1. The smallest absolute Gasteiger partial charge is 0.336 e. The van der Waals surface area contributed by atoms with Crippen molar-refractivity contribution in [2.45, 2.75) is 32.7 Å². The zero-order chi connectivity index (χ0) is 21.3. The molecule has 0 fully saturated rings. The summed E-state index contributed by atoms with van der Waals surface area (Å²) in [4.78, 5) is 24.2. The van der Waals surface area contributed by atoms with E-state index in [1.807, 2.05) is 48.7 Å². The van der Waals surface area contributed by atoms with E-state index in [0.29, 0.717) is 23.6 Å². The Bertz CT molecular complexity index is 1290. The van der Waals surface area contributed by atoms with E-state index in [4.69, 9.17) is 9.15 Å². The standard InChI is InChI=1S/C22H22N4O4/c1-13-10-21(28)30-18-12-17(29-3)15(11-16(13)18)7-8-20(27)23-14(2)22-25-24-19-6-4-5-9-26(19)22/h4-6,9-12,14H,7-8H2,1-3H3,(H,23,27)/t14-/m1/s1. The predicted molar refractivity (Wildman–Crippen MR) is 112 cm³/mol. The van der Waals surface area contributed by atoms with Crippen LogP contribution in [0.1, 0.15) is 36.3 Å². The van der Waals surface area contributed by atoms with Crippen molar-refractivity contribution in [2.24, 2.45) is 0 Å². The van der Waals surface area contributed by atoms with Crippen molar-refractivity contribution < 1.29 is 13.9 Å². The van der Waals surface area contributed by atoms with E-state index in [1.54, 1.807) is 13.2 Å². The molecule has 0 unspecified atom stereocenters. The molecule has 4 aromatic rings. The van der Waals surface area contributed by atoms with Crippen LogP contribution in [0.3, 0.4) is 0 Å². The number of amides is 1. The van der Waals surface area contributed by atoms with Crippen molar-refractivity contribution in [2.75, 3.05) is 7.11 Å². The Balaban J connectivity index is 1.49. The molecule has 0 aliphatic rings. The number of pyridine rings is 1. The molecule has 1 N–H and O–H groups in total. The molecule has 0 bridgehead atoms. The average molecular weight is 406 g/mol. The van der Waals surface area contributed by atoms with Crippen molar-refractivity contribution in [3.63, 3.8) is 0 Å². The second-order valence-electron chi connectivity index (χ2n) is 7.18. The number of nitrogens with one attached hydrogen (secondary N) is 1. The van der Waals surface area contributed by atoms with Crippen LogP contribution in [0.5, 0.6) is 5.75 Å². The van der Waals surface area contributed by atoms with Crippen LogP contribution < -0.4 is 15.7 Å². The van der Waals surface area contributed by atoms with E-state index >= 15 is 0 Å². The van der Waals surface area contributed by atoms with E-state index in [-0.39, 0.29) is 18.4 Å². The van der Waals surface area contributed by atoms with E-state index < -0.39 is 5.63 Å². The molecule has 1 aromatic carbocycles. The number of fused-ring (bicyclic) bond motifs is 2. The fourth-order valence-electron chi connectivity index (χ4n) is 3.56. The maximum Gasteiger partial charge on any atom is 0.336 e. The lowest BCUT2D eigenvalue weighted by Crippen LogP contribution is -2.28. The van der Waals surface area contributed by atoms with Crippen molar-refractivity contribution in [1.29, 1.82) is 0 Å². The highest BCUT2D eigenvalue weighted by Crippen LogP contribution is 2.28. The van der Waals surface area contributed by atoms with Gasteiger partial charge in [-0.25, -0.2) is 4.79 Å². The number of benzene rings is 1. The first-order valence-corrected chi connectivity index (χ1v) is 9.66. The lowest BCUT2D eigenvalue weighted by molar-refractivity contribution is -0.121. The number of methoxy groups -OCH3 is 1. The minimum atomic E-state index is -0.399. The lowest BCUT2D eigenvalue weighted by Gasteiger charge is -2.14. The van der Waals surface area contributed by atoms with Gasteiger partial charge in [0, 0.05) is 30.1 Å². The lowest BCUT2D eigenvalue weighted by atomic mass is 10.0. The SMILES string of the molecule is COc1cc2oc(=O)cc(C)c2cc1CCC(=O)N[C@H](C)c1nnc2ccccn12. The third-order valence-corrected chi connectivity index (χ3v) is 5.08. The third kappa shape index (κ3) is 3.76. The molecule has 0 aliphatic carbocycles. The molecule has 30 heavy (non-hydrogen) atoms. The van der Waals surface area contributed by atoms with Gasteiger partial charge in [-0.05, 0) is 49.6 Å². The normalized spacial score (nSPS) is 12.2. The maximum atomic E-state index is 12.6. The number of nitrogens with zero attached hydrogens (tertiary/aromatic N) is 3. The van der Waals surface area contributed by atoms with Gasteiger partial charge in [-0.15, -0.1) is 10.2 Å². The number of aryl methyl sites for hydroxylation is 2. The van der Waals surface area contributed by atoms with E-state index in [9.17, 15) is 9.59 Å². The van der Waals surface area contributed by atoms with Crippen LogP contribution in [0.4, 0.5) is 0 Å². The van der Waals surface area contributed by atoms with Gasteiger partial charge in [-0.2, -0.15) is 0 Å². The molecule has 3 aromatic heterocycles. The van der Waals surface area contributed by atoms with E-state index in [0.717, 1.165) is 22.2 Å². The second kappa shape index (κ2) is 7.98. The van der Waals surface area contributed by atoms with Crippen LogP contribution in [0.15, 0.2) is 51.8 Å². The summed E-state index contributed by atoms with van der Waals surface area (Å²) in [6.07, 6.45) is 2.63. The topological polar surface area (TPSA) is 98.7 Å². The summed E-state index contributed by atoms with van der Waals surface area (Å²) in [6.45, 7) is 3.73. The minimum Gasteiger partial charge on any atom is -0.496 e. The molecule has 1 atom stereocenters. The fraction of sp³-hybridized carbons (Fsp3) is 0.273. The van der Waals surface area contributed by atoms with Gasteiger partial charge in [-0.1, -0.05) is 6.07 Å². The van der Waals surface area contributed by atoms with Gasteiger partial charge in [0.1, 0.15) is 11.3 Å². The number of carbonyl (C=O) groups excluding carboxylic acids is 1. The summed E-state index contributed by atoms with van der Waals surface area (Å²) in [7, 11) is 1.55. The summed E-state index contributed by atoms with van der Waals surface area (Å²) < 4.78 is 12.6. The number of hydrogen-bond acceptors (Lipinski definition) is 6. The first kappa shape index (κ1) is 19.6. The number of rotatable bonds is 6. The molecule has 8 heteroatoms. The highest BCUT2D eigenvalue weighted by molar-refractivity contribution is 5.83. The predicted octanol–water partition coefficient (Wildman–Crippen LogP) is 2.96. The largest absolute Gasteiger partial charge is 0.496 e. The number of ether oxygens (including phenoxy) is 1. The Kier molecular flexibility index (Phi) is 5.22.